The molecule has 1 spiro atoms. The Morgan fingerprint density at radius 2 is 1.96 bits per heavy atom. The third-order valence-corrected chi connectivity index (χ3v) is 7.45. The number of epoxide rings is 2. The molecule has 3 aliphatic heterocycles. The molecule has 10 atom stereocenters. The van der Waals surface area contributed by atoms with Gasteiger partial charge >= 0.3 is 11.9 Å². The summed E-state index contributed by atoms with van der Waals surface area (Å²) in [7, 11) is 0. The van der Waals surface area contributed by atoms with Crippen LogP contribution in [0.4, 0.5) is 0 Å². The number of esters is 2. The Morgan fingerprint density at radius 1 is 1.27 bits per heavy atom. The van der Waals surface area contributed by atoms with E-state index in [-0.39, 0.29) is 48.3 Å². The van der Waals surface area contributed by atoms with Crippen LogP contribution in [0.2, 0.25) is 0 Å². The zero-order valence-corrected chi connectivity index (χ0v) is 15.7. The van der Waals surface area contributed by atoms with Crippen molar-refractivity contribution in [2.45, 2.75) is 82.3 Å². The lowest BCUT2D eigenvalue weighted by molar-refractivity contribution is -0.161. The van der Waals surface area contributed by atoms with Gasteiger partial charge < -0.3 is 24.1 Å². The number of fused-ring (bicyclic) bond motifs is 5. The molecule has 0 bridgehead atoms. The molecular weight excluding hydrogens is 340 g/mol. The molecule has 5 fully saturated rings. The fourth-order valence-corrected chi connectivity index (χ4v) is 6.01. The van der Waals surface area contributed by atoms with Crippen molar-refractivity contribution in [1.29, 1.82) is 0 Å². The number of ether oxygens (including phenoxy) is 4. The average molecular weight is 366 g/mol. The molecule has 7 heteroatoms. The third-order valence-electron chi connectivity index (χ3n) is 7.45. The Kier molecular flexibility index (Phi) is 3.01. The van der Waals surface area contributed by atoms with Gasteiger partial charge in [0.05, 0.1) is 23.4 Å². The van der Waals surface area contributed by atoms with E-state index >= 15 is 0 Å². The molecule has 0 aromatic heterocycles. The van der Waals surface area contributed by atoms with Crippen LogP contribution in [0.3, 0.4) is 0 Å². The third kappa shape index (κ3) is 1.75. The topological polar surface area (TPSA) is 97.9 Å². The molecule has 0 aromatic carbocycles. The van der Waals surface area contributed by atoms with Crippen LogP contribution in [0.5, 0.6) is 0 Å². The maximum absolute atomic E-state index is 12.4. The Hall–Kier alpha value is -1.18. The van der Waals surface area contributed by atoms with Gasteiger partial charge in [0.2, 0.25) is 0 Å². The predicted molar refractivity (Wildman–Crippen MR) is 86.9 cm³/mol. The zero-order valence-electron chi connectivity index (χ0n) is 15.7. The van der Waals surface area contributed by atoms with Crippen molar-refractivity contribution in [2.75, 3.05) is 0 Å². The Balaban J connectivity index is 1.58. The minimum Gasteiger partial charge on any atom is -0.462 e. The van der Waals surface area contributed by atoms with E-state index in [1.807, 2.05) is 13.8 Å². The number of hydrogen-bond acceptors (Lipinski definition) is 7. The van der Waals surface area contributed by atoms with Gasteiger partial charge in [0.25, 0.3) is 0 Å². The van der Waals surface area contributed by atoms with Crippen molar-refractivity contribution in [3.8, 4) is 0 Å². The minimum atomic E-state index is -1.19. The van der Waals surface area contributed by atoms with Crippen molar-refractivity contribution in [1.82, 2.24) is 0 Å². The largest absolute Gasteiger partial charge is 0.462 e. The first-order valence-electron chi connectivity index (χ1n) is 9.53. The van der Waals surface area contributed by atoms with E-state index in [9.17, 15) is 14.7 Å². The van der Waals surface area contributed by atoms with Crippen molar-refractivity contribution in [3.63, 3.8) is 0 Å². The van der Waals surface area contributed by atoms with Crippen LogP contribution in [0, 0.1) is 23.7 Å². The highest BCUT2D eigenvalue weighted by Crippen LogP contribution is 2.75. The molecule has 1 N–H and O–H groups in total. The molecular formula is C19H26O7. The summed E-state index contributed by atoms with van der Waals surface area (Å²) in [5.74, 6) is -1.89. The summed E-state index contributed by atoms with van der Waals surface area (Å²) in [6.07, 6.45) is -1.12. The molecule has 3 saturated heterocycles. The molecule has 5 rings (SSSR count). The first-order chi connectivity index (χ1) is 12.0. The van der Waals surface area contributed by atoms with Gasteiger partial charge in [-0.3, -0.25) is 9.59 Å². The van der Waals surface area contributed by atoms with Crippen molar-refractivity contribution in [2.24, 2.45) is 23.7 Å². The number of carbonyl (C=O) groups excluding carboxylic acids is 2. The Bertz CT molecular complexity index is 702. The number of carbonyl (C=O) groups is 2. The SMILES string of the molecule is CC(C)C(=O)O[C@H]1C[C@@](C)(O)[C@]23O[C@H]2[C@H]2O[C@@]2(C)[C@@H]3[C@H]2OC(=O)[C@@H](C)[C@@H]21. The lowest BCUT2D eigenvalue weighted by Crippen LogP contribution is -2.53. The molecule has 0 unspecified atom stereocenters. The summed E-state index contributed by atoms with van der Waals surface area (Å²) in [4.78, 5) is 24.7. The molecule has 0 aromatic rings. The standard InChI is InChI=1S/C19H26O7/c1-7(2)15(20)23-9-6-17(4,22)19-12(11-10(9)8(3)16(21)24-11)18(5)13(25-18)14(19)26-19/h7-14,22H,6H2,1-5H3/t8-,9-,10+,11-,12-,13+,14-,17+,18-,19+/m0/s1. The second-order valence-corrected chi connectivity index (χ2v) is 9.41. The number of hydrogen-bond donors (Lipinski definition) is 1. The maximum Gasteiger partial charge on any atom is 0.309 e. The molecule has 144 valence electrons. The van der Waals surface area contributed by atoms with Gasteiger partial charge in [-0.05, 0) is 13.8 Å². The molecule has 2 saturated carbocycles. The molecule has 0 amide bonds. The molecule has 5 aliphatic rings. The minimum absolute atomic E-state index is 0.0657. The van der Waals surface area contributed by atoms with Crippen LogP contribution in [0.1, 0.15) is 41.0 Å². The zero-order chi connectivity index (χ0) is 18.8. The van der Waals surface area contributed by atoms with E-state index in [1.165, 1.54) is 0 Å². The van der Waals surface area contributed by atoms with Gasteiger partial charge in [-0.15, -0.1) is 0 Å². The quantitative estimate of drug-likeness (QED) is 0.570. The number of rotatable bonds is 2. The van der Waals surface area contributed by atoms with E-state index in [0.717, 1.165) is 0 Å². The highest BCUT2D eigenvalue weighted by Gasteiger charge is 2.93. The van der Waals surface area contributed by atoms with E-state index in [2.05, 4.69) is 0 Å². The maximum atomic E-state index is 12.4. The monoisotopic (exact) mass is 366 g/mol. The summed E-state index contributed by atoms with van der Waals surface area (Å²) in [5, 5.41) is 11.4. The second kappa shape index (κ2) is 4.62. The van der Waals surface area contributed by atoms with Gasteiger partial charge in [-0.25, -0.2) is 0 Å². The Morgan fingerprint density at radius 3 is 2.62 bits per heavy atom. The van der Waals surface area contributed by atoms with Crippen LogP contribution in [-0.2, 0) is 28.5 Å². The van der Waals surface area contributed by atoms with E-state index in [0.29, 0.717) is 0 Å². The Labute approximate surface area is 152 Å². The van der Waals surface area contributed by atoms with Crippen molar-refractivity contribution >= 4 is 11.9 Å². The van der Waals surface area contributed by atoms with Gasteiger partial charge in [0.15, 0.2) is 0 Å². The van der Waals surface area contributed by atoms with Gasteiger partial charge in [-0.1, -0.05) is 20.8 Å². The normalized spacial score (nSPS) is 58.9. The van der Waals surface area contributed by atoms with Crippen LogP contribution in [0.25, 0.3) is 0 Å². The van der Waals surface area contributed by atoms with Crippen LogP contribution in [-0.4, -0.2) is 58.3 Å². The molecule has 7 nitrogen and oxygen atoms in total. The molecule has 3 heterocycles. The number of aliphatic hydroxyl groups is 1. The summed E-state index contributed by atoms with van der Waals surface area (Å²) in [5.41, 5.74) is -2.45. The van der Waals surface area contributed by atoms with Crippen LogP contribution >= 0.6 is 0 Å². The predicted octanol–water partition coefficient (Wildman–Crippen LogP) is 0.811. The highest BCUT2D eigenvalue weighted by atomic mass is 16.7. The molecule has 2 aliphatic carbocycles. The summed E-state index contributed by atoms with van der Waals surface area (Å²) in [6.45, 7) is 9.10. The first kappa shape index (κ1) is 17.0. The second-order valence-electron chi connectivity index (χ2n) is 9.41. The highest BCUT2D eigenvalue weighted by molar-refractivity contribution is 5.76. The summed E-state index contributed by atoms with van der Waals surface area (Å²) >= 11 is 0. The fourth-order valence-electron chi connectivity index (χ4n) is 6.01. The summed E-state index contributed by atoms with van der Waals surface area (Å²) in [6, 6.07) is 0. The van der Waals surface area contributed by atoms with E-state index in [4.69, 9.17) is 18.9 Å². The summed E-state index contributed by atoms with van der Waals surface area (Å²) < 4.78 is 23.5. The van der Waals surface area contributed by atoms with Crippen LogP contribution in [0.15, 0.2) is 0 Å². The van der Waals surface area contributed by atoms with E-state index in [1.54, 1.807) is 20.8 Å². The van der Waals surface area contributed by atoms with Gasteiger partial charge in [-0.2, -0.15) is 0 Å². The smallest absolute Gasteiger partial charge is 0.309 e. The molecule has 0 radical (unpaired) electrons. The van der Waals surface area contributed by atoms with Crippen LogP contribution < -0.4 is 0 Å². The van der Waals surface area contributed by atoms with Gasteiger partial charge in [0, 0.05) is 12.3 Å². The van der Waals surface area contributed by atoms with Crippen molar-refractivity contribution < 1.29 is 33.6 Å². The lowest BCUT2D eigenvalue weighted by atomic mass is 9.73. The first-order valence-corrected chi connectivity index (χ1v) is 9.53. The van der Waals surface area contributed by atoms with Crippen molar-refractivity contribution in [3.05, 3.63) is 0 Å². The van der Waals surface area contributed by atoms with Gasteiger partial charge in [0.1, 0.15) is 35.6 Å². The molecule has 26 heavy (non-hydrogen) atoms. The fraction of sp³-hybridized carbons (Fsp3) is 0.895. The van der Waals surface area contributed by atoms with E-state index < -0.39 is 34.9 Å². The lowest BCUT2D eigenvalue weighted by Gasteiger charge is -2.36. The average Bonchev–Trinajstić information content (AvgIpc) is 3.38.